The Hall–Kier alpha value is -3.10. The first-order valence-electron chi connectivity index (χ1n) is 9.52. The molecule has 1 fully saturated rings. The predicted octanol–water partition coefficient (Wildman–Crippen LogP) is 5.52. The lowest BCUT2D eigenvalue weighted by Gasteiger charge is -2.15. The molecule has 6 nitrogen and oxygen atoms in total. The van der Waals surface area contributed by atoms with E-state index in [0.29, 0.717) is 17.1 Å². The van der Waals surface area contributed by atoms with Crippen LogP contribution in [0.15, 0.2) is 88.2 Å². The van der Waals surface area contributed by atoms with E-state index in [0.717, 1.165) is 9.37 Å². The van der Waals surface area contributed by atoms with Crippen molar-refractivity contribution in [1.82, 2.24) is 0 Å². The molecule has 3 aromatic carbocycles. The number of nitrogens with one attached hydrogen (secondary N) is 2. The number of imide groups is 1. The summed E-state index contributed by atoms with van der Waals surface area (Å²) in [5.41, 5.74) is 1.90. The van der Waals surface area contributed by atoms with Crippen LogP contribution >= 0.6 is 27.7 Å². The van der Waals surface area contributed by atoms with E-state index in [2.05, 4.69) is 26.6 Å². The molecule has 4 amide bonds. The molecule has 3 aromatic rings. The number of urea groups is 1. The summed E-state index contributed by atoms with van der Waals surface area (Å²) in [6, 6.07) is 23.1. The van der Waals surface area contributed by atoms with E-state index in [9.17, 15) is 14.4 Å². The highest BCUT2D eigenvalue weighted by molar-refractivity contribution is 9.10. The normalized spacial score (nSPS) is 15.8. The van der Waals surface area contributed by atoms with Crippen LogP contribution in [-0.4, -0.2) is 23.1 Å². The Morgan fingerprint density at radius 2 is 1.48 bits per heavy atom. The second kappa shape index (κ2) is 9.36. The van der Waals surface area contributed by atoms with Gasteiger partial charge in [0.05, 0.1) is 10.9 Å². The van der Waals surface area contributed by atoms with Gasteiger partial charge in [0.1, 0.15) is 0 Å². The summed E-state index contributed by atoms with van der Waals surface area (Å²) in [7, 11) is 0. The van der Waals surface area contributed by atoms with Crippen molar-refractivity contribution in [3.63, 3.8) is 0 Å². The SMILES string of the molecule is O=C(Nc1ccccc1)Nc1ccc(S[C@@H]2CC(=O)N(c3ccc(Br)cc3)C2=O)cc1. The van der Waals surface area contributed by atoms with E-state index >= 15 is 0 Å². The number of amides is 4. The van der Waals surface area contributed by atoms with Gasteiger partial charge in [0.25, 0.3) is 0 Å². The molecule has 31 heavy (non-hydrogen) atoms. The van der Waals surface area contributed by atoms with Gasteiger partial charge >= 0.3 is 6.03 Å². The number of hydrogen-bond acceptors (Lipinski definition) is 4. The summed E-state index contributed by atoms with van der Waals surface area (Å²) in [6.45, 7) is 0. The smallest absolute Gasteiger partial charge is 0.308 e. The number of anilines is 3. The Bertz CT molecular complexity index is 1110. The molecule has 0 spiro atoms. The van der Waals surface area contributed by atoms with Gasteiger partial charge in [0, 0.05) is 27.2 Å². The maximum atomic E-state index is 12.8. The lowest BCUT2D eigenvalue weighted by atomic mass is 10.3. The molecule has 0 radical (unpaired) electrons. The molecule has 8 heteroatoms. The third-order valence-electron chi connectivity index (χ3n) is 4.61. The number of rotatable bonds is 5. The van der Waals surface area contributed by atoms with Gasteiger partial charge in [-0.2, -0.15) is 0 Å². The highest BCUT2D eigenvalue weighted by Gasteiger charge is 2.40. The van der Waals surface area contributed by atoms with Gasteiger partial charge in [-0.3, -0.25) is 9.59 Å². The zero-order valence-electron chi connectivity index (χ0n) is 16.2. The van der Waals surface area contributed by atoms with Gasteiger partial charge in [-0.1, -0.05) is 34.1 Å². The van der Waals surface area contributed by atoms with Crippen LogP contribution in [0.3, 0.4) is 0 Å². The fraction of sp³-hybridized carbons (Fsp3) is 0.0870. The molecule has 1 heterocycles. The van der Waals surface area contributed by atoms with Crippen molar-refractivity contribution in [1.29, 1.82) is 0 Å². The van der Waals surface area contributed by atoms with Crippen molar-refractivity contribution in [3.8, 4) is 0 Å². The van der Waals surface area contributed by atoms with Gasteiger partial charge in [0.2, 0.25) is 11.8 Å². The van der Waals surface area contributed by atoms with Gasteiger partial charge < -0.3 is 10.6 Å². The van der Waals surface area contributed by atoms with Crippen LogP contribution in [0.4, 0.5) is 21.9 Å². The minimum Gasteiger partial charge on any atom is -0.308 e. The summed E-state index contributed by atoms with van der Waals surface area (Å²) in [6.07, 6.45) is 0.152. The molecule has 4 rings (SSSR count). The standard InChI is InChI=1S/C23H18BrN3O3S/c24-15-6-10-18(11-7-15)27-21(28)14-20(22(27)29)31-19-12-8-17(9-13-19)26-23(30)25-16-4-2-1-3-5-16/h1-13,20H,14H2,(H2,25,26,30)/t20-/m1/s1. The van der Waals surface area contributed by atoms with Gasteiger partial charge in [0.15, 0.2) is 0 Å². The molecular formula is C23H18BrN3O3S. The van der Waals surface area contributed by atoms with Crippen molar-refractivity contribution in [3.05, 3.63) is 83.3 Å². The van der Waals surface area contributed by atoms with E-state index in [4.69, 9.17) is 0 Å². The molecule has 2 N–H and O–H groups in total. The Morgan fingerprint density at radius 3 is 2.13 bits per heavy atom. The summed E-state index contributed by atoms with van der Waals surface area (Å²) in [5, 5.41) is 5.04. The van der Waals surface area contributed by atoms with Crippen molar-refractivity contribution >= 4 is 62.6 Å². The molecular weight excluding hydrogens is 478 g/mol. The summed E-state index contributed by atoms with van der Waals surface area (Å²) < 4.78 is 0.882. The highest BCUT2D eigenvalue weighted by Crippen LogP contribution is 2.34. The largest absolute Gasteiger partial charge is 0.323 e. The summed E-state index contributed by atoms with van der Waals surface area (Å²) in [4.78, 5) is 39.4. The van der Waals surface area contributed by atoms with E-state index in [1.807, 2.05) is 30.3 Å². The third-order valence-corrected chi connectivity index (χ3v) is 6.34. The molecule has 0 unspecified atom stereocenters. The Balaban J connectivity index is 1.36. The van der Waals surface area contributed by atoms with Gasteiger partial charge in [-0.05, 0) is 60.7 Å². The molecule has 1 aliphatic rings. The highest BCUT2D eigenvalue weighted by atomic mass is 79.9. The Kier molecular flexibility index (Phi) is 6.39. The molecule has 0 aromatic heterocycles. The second-order valence-corrected chi connectivity index (χ2v) is 9.02. The summed E-state index contributed by atoms with van der Waals surface area (Å²) in [5.74, 6) is -0.428. The molecule has 0 bridgehead atoms. The maximum absolute atomic E-state index is 12.8. The number of benzene rings is 3. The number of carbonyl (C=O) groups excluding carboxylic acids is 3. The molecule has 156 valence electrons. The number of carbonyl (C=O) groups is 3. The van der Waals surface area contributed by atoms with E-state index in [-0.39, 0.29) is 24.3 Å². The number of hydrogen-bond donors (Lipinski definition) is 2. The second-order valence-electron chi connectivity index (χ2n) is 6.82. The summed E-state index contributed by atoms with van der Waals surface area (Å²) >= 11 is 4.70. The fourth-order valence-electron chi connectivity index (χ4n) is 3.15. The number of thioether (sulfide) groups is 1. The average molecular weight is 496 g/mol. The lowest BCUT2D eigenvalue weighted by molar-refractivity contribution is -0.121. The molecule has 1 aliphatic heterocycles. The maximum Gasteiger partial charge on any atom is 0.323 e. The van der Waals surface area contributed by atoms with Crippen LogP contribution < -0.4 is 15.5 Å². The van der Waals surface area contributed by atoms with Crippen LogP contribution in [0.25, 0.3) is 0 Å². The van der Waals surface area contributed by atoms with Crippen LogP contribution in [-0.2, 0) is 9.59 Å². The molecule has 1 atom stereocenters. The Morgan fingerprint density at radius 1 is 0.871 bits per heavy atom. The lowest BCUT2D eigenvalue weighted by Crippen LogP contribution is -2.31. The van der Waals surface area contributed by atoms with Crippen molar-refractivity contribution in [2.45, 2.75) is 16.6 Å². The number of para-hydroxylation sites is 1. The van der Waals surface area contributed by atoms with Gasteiger partial charge in [-0.15, -0.1) is 11.8 Å². The minimum absolute atomic E-state index is 0.152. The third kappa shape index (κ3) is 5.15. The van der Waals surface area contributed by atoms with Crippen LogP contribution in [0.1, 0.15) is 6.42 Å². The zero-order chi connectivity index (χ0) is 21.8. The first-order chi connectivity index (χ1) is 15.0. The average Bonchev–Trinajstić information content (AvgIpc) is 3.04. The van der Waals surface area contributed by atoms with Crippen molar-refractivity contribution in [2.24, 2.45) is 0 Å². The van der Waals surface area contributed by atoms with Crippen LogP contribution in [0.2, 0.25) is 0 Å². The van der Waals surface area contributed by atoms with Crippen LogP contribution in [0, 0.1) is 0 Å². The monoisotopic (exact) mass is 495 g/mol. The molecule has 0 aliphatic carbocycles. The topological polar surface area (TPSA) is 78.5 Å². The molecule has 1 saturated heterocycles. The van der Waals surface area contributed by atoms with E-state index < -0.39 is 5.25 Å². The quantitative estimate of drug-likeness (QED) is 0.457. The zero-order valence-corrected chi connectivity index (χ0v) is 18.7. The van der Waals surface area contributed by atoms with E-state index in [1.165, 1.54) is 16.7 Å². The van der Waals surface area contributed by atoms with Gasteiger partial charge in [-0.25, -0.2) is 9.69 Å². The van der Waals surface area contributed by atoms with E-state index in [1.54, 1.807) is 48.5 Å². The van der Waals surface area contributed by atoms with Crippen LogP contribution in [0.5, 0.6) is 0 Å². The predicted molar refractivity (Wildman–Crippen MR) is 126 cm³/mol. The van der Waals surface area contributed by atoms with Crippen molar-refractivity contribution < 1.29 is 14.4 Å². The minimum atomic E-state index is -0.476. The number of nitrogens with zero attached hydrogens (tertiary/aromatic N) is 1. The Labute approximate surface area is 192 Å². The first-order valence-corrected chi connectivity index (χ1v) is 11.2. The first kappa shape index (κ1) is 21.1. The van der Waals surface area contributed by atoms with Crippen molar-refractivity contribution in [2.75, 3.05) is 15.5 Å². The molecule has 0 saturated carbocycles. The fourth-order valence-corrected chi connectivity index (χ4v) is 4.47. The number of halogens is 1.